The second-order valence-electron chi connectivity index (χ2n) is 5.62. The standard InChI is InChI=1S/C16H21N3/c1-12(2)17-11-14-5-3-4-6-16(14)19-10-9-15(18-19)13-7-8-13/h3-6,9-10,12-13,17H,7-8,11H2,1-2H3. The van der Waals surface area contributed by atoms with Crippen LogP contribution in [-0.4, -0.2) is 15.8 Å². The van der Waals surface area contributed by atoms with E-state index >= 15 is 0 Å². The van der Waals surface area contributed by atoms with Gasteiger partial charge in [0.1, 0.15) is 0 Å². The summed E-state index contributed by atoms with van der Waals surface area (Å²) in [5, 5.41) is 8.19. The van der Waals surface area contributed by atoms with Crippen molar-refractivity contribution in [1.29, 1.82) is 0 Å². The third-order valence-corrected chi connectivity index (χ3v) is 3.54. The number of rotatable bonds is 5. The Bertz CT molecular complexity index is 553. The lowest BCUT2D eigenvalue weighted by atomic mass is 10.1. The van der Waals surface area contributed by atoms with Gasteiger partial charge in [0.25, 0.3) is 0 Å². The van der Waals surface area contributed by atoms with E-state index in [0.29, 0.717) is 12.0 Å². The predicted molar refractivity (Wildman–Crippen MR) is 77.5 cm³/mol. The molecule has 0 amide bonds. The van der Waals surface area contributed by atoms with Gasteiger partial charge in [0.15, 0.2) is 0 Å². The average molecular weight is 255 g/mol. The molecule has 1 aliphatic carbocycles. The lowest BCUT2D eigenvalue weighted by Gasteiger charge is -2.12. The molecule has 3 rings (SSSR count). The molecule has 100 valence electrons. The van der Waals surface area contributed by atoms with Gasteiger partial charge >= 0.3 is 0 Å². The van der Waals surface area contributed by atoms with Crippen molar-refractivity contribution in [3.8, 4) is 5.69 Å². The third kappa shape index (κ3) is 2.87. The van der Waals surface area contributed by atoms with Gasteiger partial charge in [0.05, 0.1) is 11.4 Å². The van der Waals surface area contributed by atoms with Gasteiger partial charge in [0.2, 0.25) is 0 Å². The first-order valence-corrected chi connectivity index (χ1v) is 7.11. The normalized spacial score (nSPS) is 15.1. The number of benzene rings is 1. The molecule has 0 radical (unpaired) electrons. The topological polar surface area (TPSA) is 29.9 Å². The summed E-state index contributed by atoms with van der Waals surface area (Å²) in [6.45, 7) is 5.22. The minimum absolute atomic E-state index is 0.493. The van der Waals surface area contributed by atoms with Crippen molar-refractivity contribution in [2.75, 3.05) is 0 Å². The molecule has 1 saturated carbocycles. The van der Waals surface area contributed by atoms with Crippen LogP contribution in [0, 0.1) is 0 Å². The zero-order valence-electron chi connectivity index (χ0n) is 11.6. The number of nitrogens with zero attached hydrogens (tertiary/aromatic N) is 2. The molecule has 1 aromatic carbocycles. The molecule has 0 aliphatic heterocycles. The largest absolute Gasteiger partial charge is 0.310 e. The minimum atomic E-state index is 0.493. The van der Waals surface area contributed by atoms with Crippen molar-refractivity contribution in [2.45, 2.75) is 45.2 Å². The maximum Gasteiger partial charge on any atom is 0.0690 e. The van der Waals surface area contributed by atoms with Crippen molar-refractivity contribution in [3.63, 3.8) is 0 Å². The van der Waals surface area contributed by atoms with Crippen LogP contribution in [0.5, 0.6) is 0 Å². The molecule has 1 aromatic heterocycles. The van der Waals surface area contributed by atoms with E-state index in [2.05, 4.69) is 55.7 Å². The fraction of sp³-hybridized carbons (Fsp3) is 0.438. The zero-order chi connectivity index (χ0) is 13.2. The van der Waals surface area contributed by atoms with E-state index in [1.54, 1.807) is 0 Å². The van der Waals surface area contributed by atoms with Crippen LogP contribution in [0.25, 0.3) is 5.69 Å². The van der Waals surface area contributed by atoms with Crippen molar-refractivity contribution in [3.05, 3.63) is 47.8 Å². The molecule has 1 fully saturated rings. The molecule has 2 aromatic rings. The summed E-state index contributed by atoms with van der Waals surface area (Å²) in [6, 6.07) is 11.1. The maximum atomic E-state index is 4.72. The van der Waals surface area contributed by atoms with Crippen LogP contribution in [-0.2, 0) is 6.54 Å². The Hall–Kier alpha value is -1.61. The van der Waals surface area contributed by atoms with Crippen molar-refractivity contribution >= 4 is 0 Å². The van der Waals surface area contributed by atoms with Gasteiger partial charge in [-0.05, 0) is 30.5 Å². The monoisotopic (exact) mass is 255 g/mol. The molecule has 3 nitrogen and oxygen atoms in total. The van der Waals surface area contributed by atoms with Gasteiger partial charge in [-0.15, -0.1) is 0 Å². The molecule has 19 heavy (non-hydrogen) atoms. The molecule has 0 atom stereocenters. The molecular formula is C16H21N3. The van der Waals surface area contributed by atoms with Crippen molar-refractivity contribution in [1.82, 2.24) is 15.1 Å². The predicted octanol–water partition coefficient (Wildman–Crippen LogP) is 3.25. The summed E-state index contributed by atoms with van der Waals surface area (Å²) in [4.78, 5) is 0. The fourth-order valence-electron chi connectivity index (χ4n) is 2.27. The van der Waals surface area contributed by atoms with Gasteiger partial charge in [0, 0.05) is 24.7 Å². The molecule has 0 saturated heterocycles. The molecule has 1 N–H and O–H groups in total. The zero-order valence-corrected chi connectivity index (χ0v) is 11.6. The molecule has 0 spiro atoms. The third-order valence-electron chi connectivity index (χ3n) is 3.54. The Balaban J connectivity index is 1.85. The van der Waals surface area contributed by atoms with Crippen LogP contribution in [0.15, 0.2) is 36.5 Å². The molecule has 1 heterocycles. The lowest BCUT2D eigenvalue weighted by molar-refractivity contribution is 0.586. The summed E-state index contributed by atoms with van der Waals surface area (Å²) < 4.78 is 2.02. The summed E-state index contributed by atoms with van der Waals surface area (Å²) in [6.07, 6.45) is 4.68. The number of aromatic nitrogens is 2. The summed E-state index contributed by atoms with van der Waals surface area (Å²) in [7, 11) is 0. The van der Waals surface area contributed by atoms with Crippen LogP contribution in [0.1, 0.15) is 43.9 Å². The molecule has 0 unspecified atom stereocenters. The van der Waals surface area contributed by atoms with Gasteiger partial charge in [-0.3, -0.25) is 0 Å². The SMILES string of the molecule is CC(C)NCc1ccccc1-n1ccc(C2CC2)n1. The number of nitrogens with one attached hydrogen (secondary N) is 1. The van der Waals surface area contributed by atoms with E-state index in [0.717, 1.165) is 6.54 Å². The Morgan fingerprint density at radius 3 is 2.79 bits per heavy atom. The number of para-hydroxylation sites is 1. The van der Waals surface area contributed by atoms with Gasteiger partial charge < -0.3 is 5.32 Å². The van der Waals surface area contributed by atoms with Crippen LogP contribution in [0.2, 0.25) is 0 Å². The highest BCUT2D eigenvalue weighted by Gasteiger charge is 2.26. The highest BCUT2D eigenvalue weighted by molar-refractivity contribution is 5.40. The first kappa shape index (κ1) is 12.4. The van der Waals surface area contributed by atoms with Gasteiger partial charge in [-0.2, -0.15) is 5.10 Å². The number of hydrogen-bond donors (Lipinski definition) is 1. The van der Waals surface area contributed by atoms with Crippen molar-refractivity contribution in [2.24, 2.45) is 0 Å². The second kappa shape index (κ2) is 5.17. The first-order chi connectivity index (χ1) is 9.24. The summed E-state index contributed by atoms with van der Waals surface area (Å²) in [5.74, 6) is 0.710. The molecular weight excluding hydrogens is 234 g/mol. The molecule has 1 aliphatic rings. The molecule has 0 bridgehead atoms. The van der Waals surface area contributed by atoms with Crippen molar-refractivity contribution < 1.29 is 0 Å². The summed E-state index contributed by atoms with van der Waals surface area (Å²) >= 11 is 0. The maximum absolute atomic E-state index is 4.72. The van der Waals surface area contributed by atoms with Crippen LogP contribution in [0.4, 0.5) is 0 Å². The van der Waals surface area contributed by atoms with Crippen LogP contribution < -0.4 is 5.32 Å². The quantitative estimate of drug-likeness (QED) is 0.889. The Kier molecular flexibility index (Phi) is 3.38. The smallest absolute Gasteiger partial charge is 0.0690 e. The Morgan fingerprint density at radius 2 is 2.05 bits per heavy atom. The average Bonchev–Trinajstić information content (AvgIpc) is 3.15. The van der Waals surface area contributed by atoms with Gasteiger partial charge in [-0.1, -0.05) is 32.0 Å². The van der Waals surface area contributed by atoms with E-state index in [-0.39, 0.29) is 0 Å². The van der Waals surface area contributed by atoms with E-state index in [9.17, 15) is 0 Å². The van der Waals surface area contributed by atoms with E-state index in [4.69, 9.17) is 5.10 Å². The van der Waals surface area contributed by atoms with Gasteiger partial charge in [-0.25, -0.2) is 4.68 Å². The first-order valence-electron chi connectivity index (χ1n) is 7.11. The fourth-order valence-corrected chi connectivity index (χ4v) is 2.27. The second-order valence-corrected chi connectivity index (χ2v) is 5.62. The van der Waals surface area contributed by atoms with E-state index in [1.165, 1.54) is 29.8 Å². The number of hydrogen-bond acceptors (Lipinski definition) is 2. The Labute approximate surface area is 114 Å². The minimum Gasteiger partial charge on any atom is -0.310 e. The van der Waals surface area contributed by atoms with Crippen LogP contribution in [0.3, 0.4) is 0 Å². The summed E-state index contributed by atoms with van der Waals surface area (Å²) in [5.41, 5.74) is 3.72. The highest BCUT2D eigenvalue weighted by Crippen LogP contribution is 2.39. The highest BCUT2D eigenvalue weighted by atomic mass is 15.3. The van der Waals surface area contributed by atoms with E-state index in [1.807, 2.05) is 4.68 Å². The Morgan fingerprint density at radius 1 is 1.26 bits per heavy atom. The van der Waals surface area contributed by atoms with Crippen LogP contribution >= 0.6 is 0 Å². The lowest BCUT2D eigenvalue weighted by Crippen LogP contribution is -2.22. The van der Waals surface area contributed by atoms with E-state index < -0.39 is 0 Å². The molecule has 3 heteroatoms.